The van der Waals surface area contributed by atoms with Crippen LogP contribution in [-0.4, -0.2) is 19.3 Å². The number of benzene rings is 2. The van der Waals surface area contributed by atoms with Crippen molar-refractivity contribution in [1.82, 2.24) is 0 Å². The van der Waals surface area contributed by atoms with Crippen molar-refractivity contribution in [1.29, 1.82) is 0 Å². The van der Waals surface area contributed by atoms with E-state index in [1.807, 2.05) is 6.08 Å². The van der Waals surface area contributed by atoms with Gasteiger partial charge >= 0.3 is 0 Å². The van der Waals surface area contributed by atoms with E-state index in [1.165, 1.54) is 6.07 Å². The fourth-order valence-electron chi connectivity index (χ4n) is 6.05. The van der Waals surface area contributed by atoms with Crippen LogP contribution in [-0.2, 0) is 4.74 Å². The van der Waals surface area contributed by atoms with Crippen LogP contribution in [0.2, 0.25) is 0 Å². The Morgan fingerprint density at radius 2 is 1.40 bits per heavy atom. The Labute approximate surface area is 236 Å². The summed E-state index contributed by atoms with van der Waals surface area (Å²) in [6.07, 6.45) is 14.5. The van der Waals surface area contributed by atoms with Gasteiger partial charge in [-0.25, -0.2) is 13.2 Å². The van der Waals surface area contributed by atoms with Crippen molar-refractivity contribution in [2.75, 3.05) is 13.2 Å². The van der Waals surface area contributed by atoms with Crippen molar-refractivity contribution in [3.8, 4) is 5.75 Å². The van der Waals surface area contributed by atoms with Crippen molar-refractivity contribution in [3.63, 3.8) is 0 Å². The predicted molar refractivity (Wildman–Crippen MR) is 153 cm³/mol. The summed E-state index contributed by atoms with van der Waals surface area (Å²) < 4.78 is 70.6. The van der Waals surface area contributed by atoms with E-state index in [9.17, 15) is 8.78 Å². The van der Waals surface area contributed by atoms with Crippen LogP contribution in [0.3, 0.4) is 0 Å². The van der Waals surface area contributed by atoms with Crippen LogP contribution in [0.25, 0.3) is 6.08 Å². The summed E-state index contributed by atoms with van der Waals surface area (Å²) in [6.45, 7) is 6.75. The van der Waals surface area contributed by atoms with Crippen LogP contribution >= 0.6 is 0 Å². The Bertz CT molecular complexity index is 1150. The molecule has 2 nitrogen and oxygen atoms in total. The molecule has 218 valence electrons. The van der Waals surface area contributed by atoms with E-state index in [-0.39, 0.29) is 41.8 Å². The maximum Gasteiger partial charge on any atom is 0.200 e. The first kappa shape index (κ1) is 30.4. The van der Waals surface area contributed by atoms with Crippen LogP contribution in [0.5, 0.6) is 5.75 Å². The molecule has 2 aliphatic rings. The molecule has 0 aromatic heterocycles. The summed E-state index contributed by atoms with van der Waals surface area (Å²) in [4.78, 5) is 0. The molecule has 2 aromatic rings. The highest BCUT2D eigenvalue weighted by Crippen LogP contribution is 2.40. The lowest BCUT2D eigenvalue weighted by Crippen LogP contribution is -2.22. The first-order valence-electron chi connectivity index (χ1n) is 14.9. The number of allylic oxidation sites excluding steroid dienone is 1. The van der Waals surface area contributed by atoms with Crippen molar-refractivity contribution >= 4 is 6.08 Å². The smallest absolute Gasteiger partial charge is 0.200 e. The zero-order valence-electron chi connectivity index (χ0n) is 23.6. The number of halogens is 4. The Balaban J connectivity index is 1.31. The van der Waals surface area contributed by atoms with E-state index in [1.54, 1.807) is 30.4 Å². The molecule has 0 atom stereocenters. The van der Waals surface area contributed by atoms with Gasteiger partial charge in [-0.1, -0.05) is 49.8 Å². The number of hydrogen-bond donors (Lipinski definition) is 0. The second kappa shape index (κ2) is 14.9. The molecule has 0 heterocycles. The zero-order chi connectivity index (χ0) is 28.5. The van der Waals surface area contributed by atoms with Crippen molar-refractivity contribution in [2.24, 2.45) is 5.92 Å². The maximum atomic E-state index is 15.1. The molecule has 0 N–H and O–H groups in total. The fourth-order valence-corrected chi connectivity index (χ4v) is 6.05. The van der Waals surface area contributed by atoms with E-state index in [4.69, 9.17) is 9.47 Å². The summed E-state index contributed by atoms with van der Waals surface area (Å²) in [7, 11) is 0. The Kier molecular flexibility index (Phi) is 11.3. The molecule has 2 fully saturated rings. The summed E-state index contributed by atoms with van der Waals surface area (Å²) in [5.74, 6) is -3.29. The number of hydrogen-bond acceptors (Lipinski definition) is 2. The molecule has 40 heavy (non-hydrogen) atoms. The molecule has 4 rings (SSSR count). The molecule has 0 amide bonds. The first-order chi connectivity index (χ1) is 19.4. The molecule has 0 unspecified atom stereocenters. The molecule has 2 saturated carbocycles. The molecular formula is C34H42F4O2. The third-order valence-corrected chi connectivity index (χ3v) is 8.52. The topological polar surface area (TPSA) is 18.5 Å². The van der Waals surface area contributed by atoms with Gasteiger partial charge in [0.05, 0.1) is 12.7 Å². The molecule has 0 aliphatic heterocycles. The summed E-state index contributed by atoms with van der Waals surface area (Å²) >= 11 is 0. The van der Waals surface area contributed by atoms with Gasteiger partial charge in [0, 0.05) is 12.2 Å². The van der Waals surface area contributed by atoms with Gasteiger partial charge in [-0.3, -0.25) is 0 Å². The molecule has 0 bridgehead atoms. The SMILES string of the molecule is C=CCCOc1ccc(C2CCC(/C=C/c3ccc(C4CCC(OCCCC)CC4)c(F)c3F)CC2)c(F)c1F. The lowest BCUT2D eigenvalue weighted by molar-refractivity contribution is 0.0230. The average Bonchev–Trinajstić information content (AvgIpc) is 2.97. The summed E-state index contributed by atoms with van der Waals surface area (Å²) in [5, 5.41) is 0. The van der Waals surface area contributed by atoms with Gasteiger partial charge in [0.15, 0.2) is 23.2 Å². The second-order valence-corrected chi connectivity index (χ2v) is 11.2. The molecule has 0 radical (unpaired) electrons. The lowest BCUT2D eigenvalue weighted by Gasteiger charge is -2.29. The van der Waals surface area contributed by atoms with Crippen LogP contribution in [0, 0.1) is 29.2 Å². The van der Waals surface area contributed by atoms with Gasteiger partial charge < -0.3 is 9.47 Å². The van der Waals surface area contributed by atoms with E-state index in [0.717, 1.165) is 58.0 Å². The van der Waals surface area contributed by atoms with Gasteiger partial charge in [0.1, 0.15) is 0 Å². The summed E-state index contributed by atoms with van der Waals surface area (Å²) in [6, 6.07) is 6.53. The normalized spacial score (nSPS) is 23.4. The Morgan fingerprint density at radius 1 is 0.775 bits per heavy atom. The largest absolute Gasteiger partial charge is 0.490 e. The van der Waals surface area contributed by atoms with Gasteiger partial charge in [-0.2, -0.15) is 4.39 Å². The summed E-state index contributed by atoms with van der Waals surface area (Å²) in [5.41, 5.74) is 1.09. The standard InChI is InChI=1S/C34H42F4O2/c1-3-5-21-39-27-16-13-25(14-17-27)28-18-15-26(31(35)32(28)36)12-9-23-7-10-24(11-8-23)29-19-20-30(34(38)33(29)37)40-22-6-4-2/h4,9,12,15,18-20,23-25,27H,2-3,5-8,10-11,13-14,16-17,21-22H2,1H3/b12-9+. The maximum absolute atomic E-state index is 15.1. The molecular weight excluding hydrogens is 516 g/mol. The van der Waals surface area contributed by atoms with Crippen molar-refractivity contribution in [2.45, 2.75) is 95.5 Å². The highest BCUT2D eigenvalue weighted by atomic mass is 19.2. The highest BCUT2D eigenvalue weighted by molar-refractivity contribution is 5.52. The quantitative estimate of drug-likeness (QED) is 0.147. The molecule has 2 aliphatic carbocycles. The molecule has 0 spiro atoms. The van der Waals surface area contributed by atoms with Crippen LogP contribution < -0.4 is 4.74 Å². The van der Waals surface area contributed by atoms with Crippen molar-refractivity contribution in [3.05, 3.63) is 83.0 Å². The predicted octanol–water partition coefficient (Wildman–Crippen LogP) is 10.0. The minimum Gasteiger partial charge on any atom is -0.490 e. The number of ether oxygens (including phenoxy) is 2. The fraction of sp³-hybridized carbons (Fsp3) is 0.529. The molecule has 0 saturated heterocycles. The monoisotopic (exact) mass is 558 g/mol. The molecule has 6 heteroatoms. The van der Waals surface area contributed by atoms with Gasteiger partial charge in [-0.05, 0) is 99.2 Å². The number of unbranched alkanes of at least 4 members (excludes halogenated alkanes) is 1. The highest BCUT2D eigenvalue weighted by Gasteiger charge is 2.28. The minimum atomic E-state index is -0.946. The minimum absolute atomic E-state index is 0.0202. The van der Waals surface area contributed by atoms with Crippen LogP contribution in [0.1, 0.15) is 106 Å². The number of rotatable bonds is 12. The third kappa shape index (κ3) is 7.57. The van der Waals surface area contributed by atoms with Gasteiger partial charge in [0.2, 0.25) is 5.82 Å². The lowest BCUT2D eigenvalue weighted by atomic mass is 9.78. The van der Waals surface area contributed by atoms with Gasteiger partial charge in [-0.15, -0.1) is 6.58 Å². The third-order valence-electron chi connectivity index (χ3n) is 8.52. The van der Waals surface area contributed by atoms with Crippen LogP contribution in [0.4, 0.5) is 17.6 Å². The van der Waals surface area contributed by atoms with E-state index < -0.39 is 23.3 Å². The Hall–Kier alpha value is -2.60. The molecule has 2 aromatic carbocycles. The van der Waals surface area contributed by atoms with E-state index in [2.05, 4.69) is 13.5 Å². The first-order valence-corrected chi connectivity index (χ1v) is 14.9. The average molecular weight is 559 g/mol. The van der Waals surface area contributed by atoms with Crippen LogP contribution in [0.15, 0.2) is 43.0 Å². The van der Waals surface area contributed by atoms with E-state index >= 15 is 8.78 Å². The zero-order valence-corrected chi connectivity index (χ0v) is 23.6. The second-order valence-electron chi connectivity index (χ2n) is 11.2. The van der Waals surface area contributed by atoms with Crippen molar-refractivity contribution < 1.29 is 27.0 Å². The van der Waals surface area contributed by atoms with E-state index in [0.29, 0.717) is 30.4 Å². The Morgan fingerprint density at radius 3 is 2.05 bits per heavy atom. The van der Waals surface area contributed by atoms with Gasteiger partial charge in [0.25, 0.3) is 0 Å².